The lowest BCUT2D eigenvalue weighted by Crippen LogP contribution is -2.36. The zero-order chi connectivity index (χ0) is 22.9. The number of carbonyl (C=O) groups is 1. The van der Waals surface area contributed by atoms with Crippen LogP contribution in [0.4, 0.5) is 0 Å². The zero-order valence-corrected chi connectivity index (χ0v) is 19.2. The second-order valence-electron chi connectivity index (χ2n) is 8.54. The summed E-state index contributed by atoms with van der Waals surface area (Å²) < 4.78 is 11.6. The van der Waals surface area contributed by atoms with Gasteiger partial charge in [-0.2, -0.15) is 0 Å². The number of nitrogens with zero attached hydrogens (tertiary/aromatic N) is 3. The SMILES string of the molecule is CN(CCCNC(=O)COc1ccccc1-c1nnc(-c2ccccc2)o1)C1CCCCC1. The second kappa shape index (κ2) is 11.6. The van der Waals surface area contributed by atoms with Gasteiger partial charge in [-0.05, 0) is 57.1 Å². The standard InChI is InChI=1S/C26H32N4O3/c1-30(21-13-6-3-7-14-21)18-10-17-27-24(31)19-32-23-16-9-8-15-22(23)26-29-28-25(33-26)20-11-4-2-5-12-20/h2,4-5,8-9,11-12,15-16,21H,3,6-7,10,13-14,17-19H2,1H3,(H,27,31). The molecule has 0 saturated heterocycles. The highest BCUT2D eigenvalue weighted by Gasteiger charge is 2.18. The Morgan fingerprint density at radius 3 is 2.58 bits per heavy atom. The van der Waals surface area contributed by atoms with Crippen LogP contribution in [0.1, 0.15) is 38.5 Å². The van der Waals surface area contributed by atoms with Crippen LogP contribution in [-0.4, -0.2) is 53.8 Å². The normalized spacial score (nSPS) is 14.4. The molecule has 1 saturated carbocycles. The molecule has 3 aromatic rings. The summed E-state index contributed by atoms with van der Waals surface area (Å²) in [6.45, 7) is 1.58. The van der Waals surface area contributed by atoms with Gasteiger partial charge in [0.1, 0.15) is 5.75 Å². The van der Waals surface area contributed by atoms with E-state index in [1.807, 2.05) is 48.5 Å². The molecule has 0 spiro atoms. The highest BCUT2D eigenvalue weighted by atomic mass is 16.5. The van der Waals surface area contributed by atoms with Crippen LogP contribution in [-0.2, 0) is 4.79 Å². The summed E-state index contributed by atoms with van der Waals surface area (Å²) in [6, 6.07) is 17.7. The third kappa shape index (κ3) is 6.42. The average molecular weight is 449 g/mol. The number of para-hydroxylation sites is 1. The molecule has 2 aromatic carbocycles. The molecule has 1 fully saturated rings. The van der Waals surface area contributed by atoms with Crippen LogP contribution in [0.15, 0.2) is 59.0 Å². The number of carbonyl (C=O) groups excluding carboxylic acids is 1. The van der Waals surface area contributed by atoms with E-state index in [-0.39, 0.29) is 12.5 Å². The predicted octanol–water partition coefficient (Wildman–Crippen LogP) is 4.55. The van der Waals surface area contributed by atoms with Gasteiger partial charge in [0.15, 0.2) is 6.61 Å². The Labute approximate surface area is 195 Å². The number of amides is 1. The molecule has 1 heterocycles. The lowest BCUT2D eigenvalue weighted by molar-refractivity contribution is -0.123. The van der Waals surface area contributed by atoms with Crippen molar-refractivity contribution in [1.29, 1.82) is 0 Å². The first-order chi connectivity index (χ1) is 16.2. The van der Waals surface area contributed by atoms with Crippen LogP contribution in [0, 0.1) is 0 Å². The Hall–Kier alpha value is -3.19. The van der Waals surface area contributed by atoms with Crippen molar-refractivity contribution in [3.63, 3.8) is 0 Å². The zero-order valence-electron chi connectivity index (χ0n) is 19.2. The molecule has 0 aliphatic heterocycles. The van der Waals surface area contributed by atoms with Gasteiger partial charge in [0.05, 0.1) is 5.56 Å². The Morgan fingerprint density at radius 2 is 1.76 bits per heavy atom. The van der Waals surface area contributed by atoms with Gasteiger partial charge < -0.3 is 19.4 Å². The molecule has 1 aliphatic rings. The third-order valence-electron chi connectivity index (χ3n) is 6.13. The fraction of sp³-hybridized carbons (Fsp3) is 0.423. The van der Waals surface area contributed by atoms with Crippen molar-refractivity contribution in [3.05, 3.63) is 54.6 Å². The third-order valence-corrected chi connectivity index (χ3v) is 6.13. The lowest BCUT2D eigenvalue weighted by Gasteiger charge is -2.31. The molecular formula is C26H32N4O3. The van der Waals surface area contributed by atoms with Gasteiger partial charge in [-0.25, -0.2) is 0 Å². The van der Waals surface area contributed by atoms with E-state index in [0.29, 0.717) is 35.7 Å². The molecule has 7 nitrogen and oxygen atoms in total. The van der Waals surface area contributed by atoms with Crippen molar-refractivity contribution < 1.29 is 13.9 Å². The molecule has 0 radical (unpaired) electrons. The van der Waals surface area contributed by atoms with Gasteiger partial charge in [0.25, 0.3) is 11.8 Å². The monoisotopic (exact) mass is 448 g/mol. The fourth-order valence-corrected chi connectivity index (χ4v) is 4.25. The van der Waals surface area contributed by atoms with Gasteiger partial charge >= 0.3 is 0 Å². The quantitative estimate of drug-likeness (QED) is 0.458. The van der Waals surface area contributed by atoms with E-state index in [9.17, 15) is 4.79 Å². The molecule has 0 atom stereocenters. The van der Waals surface area contributed by atoms with E-state index < -0.39 is 0 Å². The number of ether oxygens (including phenoxy) is 1. The number of nitrogens with one attached hydrogen (secondary N) is 1. The van der Waals surface area contributed by atoms with Crippen LogP contribution >= 0.6 is 0 Å². The first-order valence-corrected chi connectivity index (χ1v) is 11.8. The molecule has 1 aliphatic carbocycles. The summed E-state index contributed by atoms with van der Waals surface area (Å²) in [7, 11) is 2.19. The Bertz CT molecular complexity index is 1020. The minimum absolute atomic E-state index is 0.0604. The molecule has 7 heteroatoms. The molecule has 0 unspecified atom stereocenters. The maximum absolute atomic E-state index is 12.3. The topological polar surface area (TPSA) is 80.5 Å². The van der Waals surface area contributed by atoms with Crippen molar-refractivity contribution >= 4 is 5.91 Å². The van der Waals surface area contributed by atoms with Crippen LogP contribution in [0.3, 0.4) is 0 Å². The smallest absolute Gasteiger partial charge is 0.257 e. The average Bonchev–Trinajstić information content (AvgIpc) is 3.37. The summed E-state index contributed by atoms with van der Waals surface area (Å²) in [6.07, 6.45) is 7.55. The largest absolute Gasteiger partial charge is 0.483 e. The summed E-state index contributed by atoms with van der Waals surface area (Å²) >= 11 is 0. The number of aromatic nitrogens is 2. The van der Waals surface area contributed by atoms with Gasteiger partial charge in [0.2, 0.25) is 5.89 Å². The molecular weight excluding hydrogens is 416 g/mol. The number of hydrogen-bond donors (Lipinski definition) is 1. The number of benzene rings is 2. The molecule has 1 amide bonds. The van der Waals surface area contributed by atoms with E-state index in [1.54, 1.807) is 6.07 Å². The van der Waals surface area contributed by atoms with Gasteiger partial charge in [-0.3, -0.25) is 4.79 Å². The van der Waals surface area contributed by atoms with E-state index >= 15 is 0 Å². The summed E-state index contributed by atoms with van der Waals surface area (Å²) in [5.41, 5.74) is 1.51. The Kier molecular flexibility index (Phi) is 8.09. The first-order valence-electron chi connectivity index (χ1n) is 11.8. The lowest BCUT2D eigenvalue weighted by atomic mass is 9.94. The van der Waals surface area contributed by atoms with Gasteiger partial charge in [-0.1, -0.05) is 49.6 Å². The van der Waals surface area contributed by atoms with E-state index in [1.165, 1.54) is 32.1 Å². The van der Waals surface area contributed by atoms with Gasteiger partial charge in [-0.15, -0.1) is 10.2 Å². The fourth-order valence-electron chi connectivity index (χ4n) is 4.25. The van der Waals surface area contributed by atoms with Gasteiger partial charge in [0, 0.05) is 18.2 Å². The summed E-state index contributed by atoms with van der Waals surface area (Å²) in [5, 5.41) is 11.3. The minimum atomic E-state index is -0.138. The predicted molar refractivity (Wildman–Crippen MR) is 128 cm³/mol. The highest BCUT2D eigenvalue weighted by molar-refractivity contribution is 5.77. The Morgan fingerprint density at radius 1 is 1.03 bits per heavy atom. The maximum Gasteiger partial charge on any atom is 0.257 e. The summed E-state index contributed by atoms with van der Waals surface area (Å²) in [4.78, 5) is 14.7. The Balaban J connectivity index is 1.25. The van der Waals surface area contributed by atoms with Crippen molar-refractivity contribution in [1.82, 2.24) is 20.4 Å². The molecule has 1 aromatic heterocycles. The van der Waals surface area contributed by atoms with Crippen LogP contribution in [0.2, 0.25) is 0 Å². The molecule has 1 N–H and O–H groups in total. The molecule has 33 heavy (non-hydrogen) atoms. The molecule has 4 rings (SSSR count). The van der Waals surface area contributed by atoms with Crippen molar-refractivity contribution in [2.75, 3.05) is 26.7 Å². The van der Waals surface area contributed by atoms with Crippen LogP contribution < -0.4 is 10.1 Å². The van der Waals surface area contributed by atoms with Crippen LogP contribution in [0.5, 0.6) is 5.75 Å². The second-order valence-corrected chi connectivity index (χ2v) is 8.54. The molecule has 0 bridgehead atoms. The number of rotatable bonds is 10. The first kappa shape index (κ1) is 23.0. The van der Waals surface area contributed by atoms with E-state index in [2.05, 4.69) is 27.5 Å². The van der Waals surface area contributed by atoms with Crippen molar-refractivity contribution in [2.45, 2.75) is 44.6 Å². The number of hydrogen-bond acceptors (Lipinski definition) is 6. The van der Waals surface area contributed by atoms with Crippen LogP contribution in [0.25, 0.3) is 22.9 Å². The van der Waals surface area contributed by atoms with Crippen molar-refractivity contribution in [2.24, 2.45) is 0 Å². The highest BCUT2D eigenvalue weighted by Crippen LogP contribution is 2.30. The summed E-state index contributed by atoms with van der Waals surface area (Å²) in [5.74, 6) is 1.19. The van der Waals surface area contributed by atoms with E-state index in [0.717, 1.165) is 18.5 Å². The van der Waals surface area contributed by atoms with E-state index in [4.69, 9.17) is 9.15 Å². The minimum Gasteiger partial charge on any atom is -0.483 e. The van der Waals surface area contributed by atoms with Crippen molar-refractivity contribution in [3.8, 4) is 28.7 Å². The molecule has 174 valence electrons. The maximum atomic E-state index is 12.3.